The Kier molecular flexibility index (Phi) is 6.58. The average Bonchev–Trinajstić information content (AvgIpc) is 2.81. The Morgan fingerprint density at radius 1 is 1.03 bits per heavy atom. The number of fused-ring (bicyclic) bond motifs is 1. The number of anilines is 1. The van der Waals surface area contributed by atoms with Crippen molar-refractivity contribution in [2.45, 2.75) is 6.92 Å². The van der Waals surface area contributed by atoms with E-state index in [-0.39, 0.29) is 16.9 Å². The second kappa shape index (κ2) is 9.57. The summed E-state index contributed by atoms with van der Waals surface area (Å²) in [6.45, 7) is 1.42. The molecule has 0 bridgehead atoms. The molecule has 0 saturated heterocycles. The Hall–Kier alpha value is -3.48. The van der Waals surface area contributed by atoms with Crippen LogP contribution in [0.15, 0.2) is 69.9 Å². The van der Waals surface area contributed by atoms with Gasteiger partial charge in [-0.1, -0.05) is 23.2 Å². The Morgan fingerprint density at radius 3 is 2.39 bits per heavy atom. The molecule has 0 saturated carbocycles. The highest BCUT2D eigenvalue weighted by atomic mass is 35.5. The van der Waals surface area contributed by atoms with Crippen LogP contribution in [0.4, 0.5) is 5.69 Å². The third-order valence-electron chi connectivity index (χ3n) is 4.96. The van der Waals surface area contributed by atoms with Crippen molar-refractivity contribution in [1.29, 1.82) is 0 Å². The number of amides is 1. The van der Waals surface area contributed by atoms with E-state index in [0.29, 0.717) is 32.6 Å². The number of hydrogen-bond donors (Lipinski definition) is 1. The molecule has 0 atom stereocenters. The van der Waals surface area contributed by atoms with Gasteiger partial charge in [-0.25, -0.2) is 0 Å². The molecule has 6 nitrogen and oxygen atoms in total. The maximum atomic E-state index is 13.3. The van der Waals surface area contributed by atoms with Crippen molar-refractivity contribution in [3.8, 4) is 22.8 Å². The minimum atomic E-state index is -0.441. The quantitative estimate of drug-likeness (QED) is 0.358. The zero-order chi connectivity index (χ0) is 23.5. The van der Waals surface area contributed by atoms with Gasteiger partial charge in [0.1, 0.15) is 11.3 Å². The van der Waals surface area contributed by atoms with Crippen LogP contribution in [0.3, 0.4) is 0 Å². The summed E-state index contributed by atoms with van der Waals surface area (Å²) in [5.74, 6) is 0.334. The summed E-state index contributed by atoms with van der Waals surface area (Å²) >= 11 is 12.2. The van der Waals surface area contributed by atoms with E-state index in [1.165, 1.54) is 6.07 Å². The molecule has 0 radical (unpaired) electrons. The summed E-state index contributed by atoms with van der Waals surface area (Å²) in [4.78, 5) is 25.7. The fraction of sp³-hybridized carbons (Fsp3) is 0.120. The number of nitrogens with one attached hydrogen (secondary N) is 1. The standard InChI is InChI=1S/C25H19Cl2NO5/c1-14-11-21-19(12-20(14)27)23(30)25(24(33-21)15-3-5-16(26)6-4-15)32-13-22(29)28-17-7-9-18(31-2)10-8-17/h3-12H,13H2,1-2H3,(H,28,29). The van der Waals surface area contributed by atoms with Gasteiger partial charge in [0.15, 0.2) is 12.4 Å². The molecule has 0 aliphatic carbocycles. The van der Waals surface area contributed by atoms with Crippen LogP contribution in [0.25, 0.3) is 22.3 Å². The highest BCUT2D eigenvalue weighted by molar-refractivity contribution is 6.32. The van der Waals surface area contributed by atoms with Gasteiger partial charge in [-0.15, -0.1) is 0 Å². The molecule has 0 spiro atoms. The molecule has 168 valence electrons. The van der Waals surface area contributed by atoms with Crippen molar-refractivity contribution in [1.82, 2.24) is 0 Å². The number of carbonyl (C=O) groups excluding carboxylic acids is 1. The van der Waals surface area contributed by atoms with Crippen LogP contribution in [0.2, 0.25) is 10.0 Å². The van der Waals surface area contributed by atoms with Crippen molar-refractivity contribution in [3.05, 3.63) is 86.5 Å². The largest absolute Gasteiger partial charge is 0.497 e. The molecule has 33 heavy (non-hydrogen) atoms. The van der Waals surface area contributed by atoms with Gasteiger partial charge in [0, 0.05) is 21.3 Å². The van der Waals surface area contributed by atoms with E-state index < -0.39 is 17.9 Å². The molecule has 4 aromatic rings. The van der Waals surface area contributed by atoms with Crippen molar-refractivity contribution >= 4 is 45.8 Å². The number of aryl methyl sites for hydroxylation is 1. The normalized spacial score (nSPS) is 10.8. The summed E-state index contributed by atoms with van der Waals surface area (Å²) < 4.78 is 16.8. The minimum Gasteiger partial charge on any atom is -0.497 e. The van der Waals surface area contributed by atoms with Gasteiger partial charge >= 0.3 is 0 Å². The predicted molar refractivity (Wildman–Crippen MR) is 130 cm³/mol. The Bertz CT molecular complexity index is 1380. The Morgan fingerprint density at radius 2 is 1.73 bits per heavy atom. The molecule has 3 aromatic carbocycles. The Labute approximate surface area is 199 Å². The first-order valence-electron chi connectivity index (χ1n) is 9.95. The summed E-state index contributed by atoms with van der Waals surface area (Å²) in [7, 11) is 1.56. The number of halogens is 2. The maximum absolute atomic E-state index is 13.3. The van der Waals surface area contributed by atoms with Gasteiger partial charge in [0.05, 0.1) is 12.5 Å². The molecule has 4 rings (SSSR count). The molecule has 1 heterocycles. The fourth-order valence-corrected chi connectivity index (χ4v) is 3.52. The van der Waals surface area contributed by atoms with Gasteiger partial charge < -0.3 is 19.2 Å². The monoisotopic (exact) mass is 483 g/mol. The van der Waals surface area contributed by atoms with Crippen LogP contribution in [0.1, 0.15) is 5.56 Å². The third-order valence-corrected chi connectivity index (χ3v) is 5.62. The van der Waals surface area contributed by atoms with Crippen LogP contribution in [-0.4, -0.2) is 19.6 Å². The topological polar surface area (TPSA) is 77.8 Å². The number of methoxy groups -OCH3 is 1. The third kappa shape index (κ3) is 4.97. The fourth-order valence-electron chi connectivity index (χ4n) is 3.23. The minimum absolute atomic E-state index is 0.0883. The lowest BCUT2D eigenvalue weighted by Crippen LogP contribution is -2.22. The van der Waals surface area contributed by atoms with Crippen molar-refractivity contribution in [2.24, 2.45) is 0 Å². The lowest BCUT2D eigenvalue weighted by molar-refractivity contribution is -0.118. The lowest BCUT2D eigenvalue weighted by atomic mass is 10.1. The van der Waals surface area contributed by atoms with E-state index in [1.54, 1.807) is 61.7 Å². The van der Waals surface area contributed by atoms with Crippen LogP contribution in [0, 0.1) is 6.92 Å². The van der Waals surface area contributed by atoms with E-state index in [0.717, 1.165) is 5.56 Å². The summed E-state index contributed by atoms with van der Waals surface area (Å²) in [6.07, 6.45) is 0. The highest BCUT2D eigenvalue weighted by Crippen LogP contribution is 2.33. The summed E-state index contributed by atoms with van der Waals surface area (Å²) in [5.41, 5.74) is 1.84. The highest BCUT2D eigenvalue weighted by Gasteiger charge is 2.20. The number of benzene rings is 3. The van der Waals surface area contributed by atoms with Gasteiger partial charge in [-0.05, 0) is 73.2 Å². The first-order chi connectivity index (χ1) is 15.9. The van der Waals surface area contributed by atoms with E-state index >= 15 is 0 Å². The van der Waals surface area contributed by atoms with Crippen LogP contribution >= 0.6 is 23.2 Å². The molecular weight excluding hydrogens is 465 g/mol. The summed E-state index contributed by atoms with van der Waals surface area (Å²) in [5, 5.41) is 3.93. The van der Waals surface area contributed by atoms with Gasteiger partial charge in [0.25, 0.3) is 5.91 Å². The van der Waals surface area contributed by atoms with Crippen LogP contribution < -0.4 is 20.2 Å². The lowest BCUT2D eigenvalue weighted by Gasteiger charge is -2.13. The molecule has 1 aromatic heterocycles. The number of rotatable bonds is 6. The first kappa shape index (κ1) is 22.7. The molecular formula is C25H19Cl2NO5. The van der Waals surface area contributed by atoms with E-state index in [9.17, 15) is 9.59 Å². The van der Waals surface area contributed by atoms with E-state index in [2.05, 4.69) is 5.32 Å². The number of ether oxygens (including phenoxy) is 2. The second-order valence-corrected chi connectivity index (χ2v) is 8.10. The zero-order valence-corrected chi connectivity index (χ0v) is 19.3. The van der Waals surface area contributed by atoms with Gasteiger partial charge in [-0.2, -0.15) is 0 Å². The van der Waals surface area contributed by atoms with Crippen LogP contribution in [0.5, 0.6) is 11.5 Å². The van der Waals surface area contributed by atoms with Crippen molar-refractivity contribution in [2.75, 3.05) is 19.0 Å². The molecule has 0 unspecified atom stereocenters. The molecule has 1 amide bonds. The SMILES string of the molecule is COc1ccc(NC(=O)COc2c(-c3ccc(Cl)cc3)oc3cc(C)c(Cl)cc3c2=O)cc1. The summed E-state index contributed by atoms with van der Waals surface area (Å²) in [6, 6.07) is 16.8. The molecule has 0 aliphatic heterocycles. The van der Waals surface area contributed by atoms with E-state index in [4.69, 9.17) is 37.1 Å². The maximum Gasteiger partial charge on any atom is 0.262 e. The smallest absolute Gasteiger partial charge is 0.262 e. The second-order valence-electron chi connectivity index (χ2n) is 7.26. The number of hydrogen-bond acceptors (Lipinski definition) is 5. The average molecular weight is 484 g/mol. The van der Waals surface area contributed by atoms with Crippen molar-refractivity contribution in [3.63, 3.8) is 0 Å². The zero-order valence-electron chi connectivity index (χ0n) is 17.8. The molecule has 0 aliphatic rings. The molecule has 0 fully saturated rings. The first-order valence-corrected chi connectivity index (χ1v) is 10.7. The molecule has 8 heteroatoms. The van der Waals surface area contributed by atoms with Crippen LogP contribution in [-0.2, 0) is 4.79 Å². The van der Waals surface area contributed by atoms with E-state index in [1.807, 2.05) is 6.92 Å². The predicted octanol–water partition coefficient (Wildman–Crippen LogP) is 6.10. The van der Waals surface area contributed by atoms with Crippen molar-refractivity contribution < 1.29 is 18.7 Å². The van der Waals surface area contributed by atoms with Gasteiger partial charge in [-0.3, -0.25) is 9.59 Å². The Balaban J connectivity index is 1.68. The number of carbonyl (C=O) groups is 1. The molecule has 1 N–H and O–H groups in total. The van der Waals surface area contributed by atoms with Gasteiger partial charge in [0.2, 0.25) is 11.2 Å².